The number of rotatable bonds is 2. The SMILES string of the molecule is Cn1cnc(C(=O)OOC(=O)c2ccccc2)cc1=O. The van der Waals surface area contributed by atoms with Crippen LogP contribution in [-0.2, 0) is 16.8 Å². The number of hydrogen-bond acceptors (Lipinski definition) is 6. The molecule has 0 amide bonds. The molecule has 2 aromatic rings. The third kappa shape index (κ3) is 3.08. The van der Waals surface area contributed by atoms with E-state index in [2.05, 4.69) is 14.8 Å². The predicted molar refractivity (Wildman–Crippen MR) is 66.8 cm³/mol. The van der Waals surface area contributed by atoms with Gasteiger partial charge in [0.25, 0.3) is 5.56 Å². The van der Waals surface area contributed by atoms with Gasteiger partial charge in [-0.2, -0.15) is 0 Å². The minimum atomic E-state index is -1.02. The van der Waals surface area contributed by atoms with E-state index in [4.69, 9.17) is 0 Å². The van der Waals surface area contributed by atoms with Crippen LogP contribution in [0.4, 0.5) is 0 Å². The number of aromatic nitrogens is 2. The molecule has 0 atom stereocenters. The summed E-state index contributed by atoms with van der Waals surface area (Å²) >= 11 is 0. The molecule has 0 spiro atoms. The van der Waals surface area contributed by atoms with Crippen LogP contribution in [0.3, 0.4) is 0 Å². The molecule has 1 aromatic heterocycles. The van der Waals surface area contributed by atoms with Crippen LogP contribution in [0.2, 0.25) is 0 Å². The zero-order valence-electron chi connectivity index (χ0n) is 10.5. The van der Waals surface area contributed by atoms with Crippen LogP contribution < -0.4 is 5.56 Å². The first kappa shape index (κ1) is 13.5. The minimum absolute atomic E-state index is 0.234. The summed E-state index contributed by atoms with van der Waals surface area (Å²) in [5, 5.41) is 0. The molecule has 0 saturated carbocycles. The van der Waals surface area contributed by atoms with Gasteiger partial charge in [-0.25, -0.2) is 24.3 Å². The summed E-state index contributed by atoms with van der Waals surface area (Å²) in [5.41, 5.74) is -0.437. The number of benzene rings is 1. The standard InChI is InChI=1S/C13H10N2O5/c1-15-8-14-10(7-11(15)16)13(18)20-19-12(17)9-5-3-2-4-6-9/h2-8H,1H3. The zero-order valence-corrected chi connectivity index (χ0v) is 10.5. The van der Waals surface area contributed by atoms with Crippen LogP contribution in [0.1, 0.15) is 20.8 Å². The Hall–Kier alpha value is -2.96. The van der Waals surface area contributed by atoms with Crippen LogP contribution in [0.25, 0.3) is 0 Å². The van der Waals surface area contributed by atoms with Gasteiger partial charge in [-0.05, 0) is 12.1 Å². The van der Waals surface area contributed by atoms with Crippen LogP contribution in [-0.4, -0.2) is 21.5 Å². The lowest BCUT2D eigenvalue weighted by molar-refractivity contribution is -0.187. The first-order valence-corrected chi connectivity index (χ1v) is 5.59. The second kappa shape index (κ2) is 5.79. The quantitative estimate of drug-likeness (QED) is 0.592. The lowest BCUT2D eigenvalue weighted by Crippen LogP contribution is -2.20. The van der Waals surface area contributed by atoms with Crippen LogP contribution >= 0.6 is 0 Å². The summed E-state index contributed by atoms with van der Waals surface area (Å²) in [7, 11) is 1.49. The van der Waals surface area contributed by atoms with Crippen molar-refractivity contribution in [2.24, 2.45) is 7.05 Å². The second-order valence-electron chi connectivity index (χ2n) is 3.83. The van der Waals surface area contributed by atoms with Crippen LogP contribution in [0, 0.1) is 0 Å². The monoisotopic (exact) mass is 274 g/mol. The van der Waals surface area contributed by atoms with Gasteiger partial charge >= 0.3 is 11.9 Å². The van der Waals surface area contributed by atoms with E-state index in [1.807, 2.05) is 0 Å². The molecule has 1 heterocycles. The maximum atomic E-state index is 11.5. The van der Waals surface area contributed by atoms with Crippen molar-refractivity contribution in [1.29, 1.82) is 0 Å². The maximum Gasteiger partial charge on any atom is 0.404 e. The van der Waals surface area contributed by atoms with E-state index in [0.29, 0.717) is 0 Å². The Morgan fingerprint density at radius 3 is 2.40 bits per heavy atom. The Balaban J connectivity index is 2.00. The summed E-state index contributed by atoms with van der Waals surface area (Å²) in [6.07, 6.45) is 1.16. The lowest BCUT2D eigenvalue weighted by Gasteiger charge is -2.03. The molecule has 1 aromatic carbocycles. The maximum absolute atomic E-state index is 11.5. The predicted octanol–water partition coefficient (Wildman–Crippen LogP) is 0.709. The Morgan fingerprint density at radius 2 is 1.75 bits per heavy atom. The number of nitrogens with zero attached hydrogens (tertiary/aromatic N) is 2. The van der Waals surface area contributed by atoms with Gasteiger partial charge in [0, 0.05) is 13.1 Å². The molecule has 0 N–H and O–H groups in total. The highest BCUT2D eigenvalue weighted by molar-refractivity contribution is 5.91. The summed E-state index contributed by atoms with van der Waals surface area (Å²) in [6, 6.07) is 9.01. The molecule has 102 valence electrons. The fourth-order valence-electron chi connectivity index (χ4n) is 1.31. The molecular weight excluding hydrogens is 264 g/mol. The van der Waals surface area contributed by atoms with Gasteiger partial charge in [0.15, 0.2) is 5.69 Å². The first-order valence-electron chi connectivity index (χ1n) is 5.59. The summed E-state index contributed by atoms with van der Waals surface area (Å²) in [5.74, 6) is -1.84. The largest absolute Gasteiger partial charge is 0.404 e. The Labute approximate surface area is 113 Å². The molecule has 2 rings (SSSR count). The van der Waals surface area contributed by atoms with Gasteiger partial charge in [-0.1, -0.05) is 18.2 Å². The molecule has 0 aliphatic rings. The van der Waals surface area contributed by atoms with E-state index in [1.165, 1.54) is 23.7 Å². The van der Waals surface area contributed by atoms with Crippen LogP contribution in [0.15, 0.2) is 47.5 Å². The van der Waals surface area contributed by atoms with E-state index < -0.39 is 17.5 Å². The van der Waals surface area contributed by atoms with Gasteiger partial charge in [-0.15, -0.1) is 0 Å². The van der Waals surface area contributed by atoms with Crippen molar-refractivity contribution in [1.82, 2.24) is 9.55 Å². The lowest BCUT2D eigenvalue weighted by atomic mass is 10.2. The number of carbonyl (C=O) groups is 2. The topological polar surface area (TPSA) is 87.5 Å². The van der Waals surface area contributed by atoms with Crippen molar-refractivity contribution in [3.63, 3.8) is 0 Å². The third-order valence-electron chi connectivity index (χ3n) is 2.39. The van der Waals surface area contributed by atoms with Gasteiger partial charge < -0.3 is 4.57 Å². The van der Waals surface area contributed by atoms with E-state index >= 15 is 0 Å². The molecular formula is C13H10N2O5. The van der Waals surface area contributed by atoms with Crippen molar-refractivity contribution in [2.75, 3.05) is 0 Å². The Kier molecular flexibility index (Phi) is 3.90. The van der Waals surface area contributed by atoms with Gasteiger partial charge in [0.2, 0.25) is 0 Å². The highest BCUT2D eigenvalue weighted by Gasteiger charge is 2.15. The van der Waals surface area contributed by atoms with Crippen molar-refractivity contribution < 1.29 is 19.4 Å². The number of aryl methyl sites for hydroxylation is 1. The fraction of sp³-hybridized carbons (Fsp3) is 0.0769. The third-order valence-corrected chi connectivity index (χ3v) is 2.39. The van der Waals surface area contributed by atoms with Crippen LogP contribution in [0.5, 0.6) is 0 Å². The molecule has 20 heavy (non-hydrogen) atoms. The van der Waals surface area contributed by atoms with Gasteiger partial charge in [0.05, 0.1) is 11.9 Å². The molecule has 0 saturated heterocycles. The molecule has 7 nitrogen and oxygen atoms in total. The van der Waals surface area contributed by atoms with E-state index in [1.54, 1.807) is 18.2 Å². The highest BCUT2D eigenvalue weighted by atomic mass is 17.2. The molecule has 0 unspecified atom stereocenters. The zero-order chi connectivity index (χ0) is 14.5. The minimum Gasteiger partial charge on any atom is -0.302 e. The van der Waals surface area contributed by atoms with E-state index in [-0.39, 0.29) is 11.3 Å². The first-order chi connectivity index (χ1) is 9.58. The van der Waals surface area contributed by atoms with E-state index in [0.717, 1.165) is 12.4 Å². The van der Waals surface area contributed by atoms with Crippen molar-refractivity contribution in [2.45, 2.75) is 0 Å². The molecule has 0 bridgehead atoms. The van der Waals surface area contributed by atoms with Crippen molar-refractivity contribution in [3.8, 4) is 0 Å². The Bertz CT molecular complexity index is 693. The smallest absolute Gasteiger partial charge is 0.302 e. The van der Waals surface area contributed by atoms with Gasteiger partial charge in [-0.3, -0.25) is 4.79 Å². The normalized spacial score (nSPS) is 9.85. The summed E-state index contributed by atoms with van der Waals surface area (Å²) < 4.78 is 1.19. The molecule has 0 fully saturated rings. The highest BCUT2D eigenvalue weighted by Crippen LogP contribution is 2.03. The summed E-state index contributed by atoms with van der Waals surface area (Å²) in [6.45, 7) is 0. The number of carbonyl (C=O) groups excluding carboxylic acids is 2. The summed E-state index contributed by atoms with van der Waals surface area (Å²) in [4.78, 5) is 46.8. The molecule has 0 aliphatic carbocycles. The van der Waals surface area contributed by atoms with Crippen molar-refractivity contribution in [3.05, 3.63) is 64.3 Å². The van der Waals surface area contributed by atoms with Crippen molar-refractivity contribution >= 4 is 11.9 Å². The molecule has 0 radical (unpaired) electrons. The molecule has 7 heteroatoms. The van der Waals surface area contributed by atoms with E-state index in [9.17, 15) is 14.4 Å². The molecule has 0 aliphatic heterocycles. The average Bonchev–Trinajstić information content (AvgIpc) is 2.48. The number of hydrogen-bond donors (Lipinski definition) is 0. The average molecular weight is 274 g/mol. The Morgan fingerprint density at radius 1 is 1.10 bits per heavy atom. The fourth-order valence-corrected chi connectivity index (χ4v) is 1.31. The second-order valence-corrected chi connectivity index (χ2v) is 3.83. The van der Waals surface area contributed by atoms with Gasteiger partial charge in [0.1, 0.15) is 0 Å².